The summed E-state index contributed by atoms with van der Waals surface area (Å²) in [5.74, 6) is -0.344. The highest BCUT2D eigenvalue weighted by molar-refractivity contribution is 6.04. The highest BCUT2D eigenvalue weighted by Gasteiger charge is 2.35. The van der Waals surface area contributed by atoms with E-state index in [0.717, 1.165) is 16.3 Å². The quantitative estimate of drug-likeness (QED) is 0.732. The number of anilines is 2. The van der Waals surface area contributed by atoms with E-state index >= 15 is 0 Å². The van der Waals surface area contributed by atoms with Gasteiger partial charge in [-0.25, -0.2) is 0 Å². The number of pyridine rings is 1. The number of nitrogens with two attached hydrogens (primary N) is 1. The monoisotopic (exact) mass is 375 g/mol. The fraction of sp³-hybridized carbons (Fsp3) is 0.167. The predicted octanol–water partition coefficient (Wildman–Crippen LogP) is 3.64. The number of rotatable bonds is 3. The van der Waals surface area contributed by atoms with Crippen LogP contribution in [0.2, 0.25) is 0 Å². The standard InChI is InChI=1S/C18H16F3N5O/c1-10-3-5-11(6-4-10)17(27)24-12-7-13(22)16(23-9-12)14-8-15(18(19,20)21)25-26(14)2/h3-9H,22H2,1-2H3,(H,24,27). The van der Waals surface area contributed by atoms with Crippen molar-refractivity contribution in [2.75, 3.05) is 11.1 Å². The van der Waals surface area contributed by atoms with Gasteiger partial charge in [-0.15, -0.1) is 0 Å². The third kappa shape index (κ3) is 3.91. The maximum Gasteiger partial charge on any atom is 0.435 e. The van der Waals surface area contributed by atoms with Gasteiger partial charge in [-0.3, -0.25) is 14.5 Å². The predicted molar refractivity (Wildman–Crippen MR) is 95.0 cm³/mol. The number of aromatic nitrogens is 3. The Balaban J connectivity index is 1.85. The third-order valence-electron chi connectivity index (χ3n) is 3.90. The second kappa shape index (κ2) is 6.75. The molecule has 0 aliphatic carbocycles. The molecule has 1 amide bonds. The van der Waals surface area contributed by atoms with Crippen LogP contribution in [0, 0.1) is 6.92 Å². The van der Waals surface area contributed by atoms with Crippen molar-refractivity contribution in [3.8, 4) is 11.4 Å². The van der Waals surface area contributed by atoms with Crippen LogP contribution >= 0.6 is 0 Å². The van der Waals surface area contributed by atoms with Crippen molar-refractivity contribution in [2.24, 2.45) is 7.05 Å². The van der Waals surface area contributed by atoms with Gasteiger partial charge in [0.05, 0.1) is 23.3 Å². The number of benzene rings is 1. The fourth-order valence-electron chi connectivity index (χ4n) is 2.50. The Hall–Kier alpha value is -3.36. The number of nitrogens with one attached hydrogen (secondary N) is 1. The summed E-state index contributed by atoms with van der Waals surface area (Å²) in [4.78, 5) is 16.3. The van der Waals surface area contributed by atoms with Crippen molar-refractivity contribution >= 4 is 17.3 Å². The molecule has 27 heavy (non-hydrogen) atoms. The first-order valence-electron chi connectivity index (χ1n) is 7.90. The lowest BCUT2D eigenvalue weighted by Gasteiger charge is -2.09. The van der Waals surface area contributed by atoms with E-state index in [1.807, 2.05) is 19.1 Å². The number of halogens is 3. The molecular formula is C18H16F3N5O. The molecular weight excluding hydrogens is 359 g/mol. The highest BCUT2D eigenvalue weighted by Crippen LogP contribution is 2.33. The Morgan fingerprint density at radius 2 is 1.85 bits per heavy atom. The summed E-state index contributed by atoms with van der Waals surface area (Å²) in [5, 5.41) is 6.10. The molecule has 2 aromatic heterocycles. The van der Waals surface area contributed by atoms with Crippen LogP contribution in [-0.2, 0) is 13.2 Å². The van der Waals surface area contributed by atoms with Crippen LogP contribution in [0.15, 0.2) is 42.6 Å². The lowest BCUT2D eigenvalue weighted by atomic mass is 10.1. The smallest absolute Gasteiger partial charge is 0.397 e. The van der Waals surface area contributed by atoms with Crippen molar-refractivity contribution in [1.29, 1.82) is 0 Å². The van der Waals surface area contributed by atoms with Crippen molar-refractivity contribution < 1.29 is 18.0 Å². The van der Waals surface area contributed by atoms with Gasteiger partial charge in [0.2, 0.25) is 0 Å². The van der Waals surface area contributed by atoms with Gasteiger partial charge in [-0.2, -0.15) is 18.3 Å². The summed E-state index contributed by atoms with van der Waals surface area (Å²) < 4.78 is 39.5. The highest BCUT2D eigenvalue weighted by atomic mass is 19.4. The Kier molecular flexibility index (Phi) is 4.61. The average molecular weight is 375 g/mol. The average Bonchev–Trinajstić information content (AvgIpc) is 2.97. The minimum absolute atomic E-state index is 0.119. The molecule has 0 radical (unpaired) electrons. The lowest BCUT2D eigenvalue weighted by Crippen LogP contribution is -2.12. The van der Waals surface area contributed by atoms with Crippen LogP contribution in [0.5, 0.6) is 0 Å². The van der Waals surface area contributed by atoms with Gasteiger partial charge in [0.25, 0.3) is 5.91 Å². The van der Waals surface area contributed by atoms with Gasteiger partial charge in [0.15, 0.2) is 5.69 Å². The van der Waals surface area contributed by atoms with Crippen molar-refractivity contribution in [3.63, 3.8) is 0 Å². The zero-order chi connectivity index (χ0) is 19.8. The summed E-state index contributed by atoms with van der Waals surface area (Å²) in [6, 6.07) is 9.31. The Bertz CT molecular complexity index is 993. The molecule has 3 aromatic rings. The molecule has 0 spiro atoms. The molecule has 9 heteroatoms. The third-order valence-corrected chi connectivity index (χ3v) is 3.90. The molecule has 0 aliphatic rings. The van der Waals surface area contributed by atoms with Crippen molar-refractivity contribution in [2.45, 2.75) is 13.1 Å². The summed E-state index contributed by atoms with van der Waals surface area (Å²) in [7, 11) is 1.37. The maximum atomic E-state index is 12.8. The van der Waals surface area contributed by atoms with Crippen LogP contribution in [-0.4, -0.2) is 20.7 Å². The number of aryl methyl sites for hydroxylation is 2. The molecule has 6 nitrogen and oxygen atoms in total. The van der Waals surface area contributed by atoms with Crippen LogP contribution < -0.4 is 11.1 Å². The Morgan fingerprint density at radius 3 is 2.41 bits per heavy atom. The summed E-state index contributed by atoms with van der Waals surface area (Å²) in [5.41, 5.74) is 7.12. The number of carbonyl (C=O) groups excluding carboxylic acids is 1. The largest absolute Gasteiger partial charge is 0.435 e. The van der Waals surface area contributed by atoms with E-state index in [2.05, 4.69) is 15.4 Å². The minimum atomic E-state index is -4.56. The van der Waals surface area contributed by atoms with Gasteiger partial charge in [0.1, 0.15) is 5.69 Å². The van der Waals surface area contributed by atoms with E-state index in [0.29, 0.717) is 11.3 Å². The molecule has 1 aromatic carbocycles. The van der Waals surface area contributed by atoms with Gasteiger partial charge in [-0.1, -0.05) is 17.7 Å². The number of carbonyl (C=O) groups is 1. The first kappa shape index (κ1) is 18.4. The molecule has 3 N–H and O–H groups in total. The molecule has 2 heterocycles. The van der Waals surface area contributed by atoms with Gasteiger partial charge in [0, 0.05) is 12.6 Å². The van der Waals surface area contributed by atoms with Crippen molar-refractivity contribution in [3.05, 3.63) is 59.4 Å². The molecule has 0 unspecified atom stereocenters. The van der Waals surface area contributed by atoms with Gasteiger partial charge in [-0.05, 0) is 31.2 Å². The normalized spacial score (nSPS) is 11.4. The number of hydrogen-bond donors (Lipinski definition) is 2. The zero-order valence-corrected chi connectivity index (χ0v) is 14.5. The molecule has 140 valence electrons. The van der Waals surface area contributed by atoms with E-state index in [-0.39, 0.29) is 23.0 Å². The number of alkyl halides is 3. The molecule has 0 saturated heterocycles. The molecule has 0 fully saturated rings. The number of nitrogens with zero attached hydrogens (tertiary/aromatic N) is 3. The van der Waals surface area contributed by atoms with E-state index in [9.17, 15) is 18.0 Å². The molecule has 0 atom stereocenters. The minimum Gasteiger partial charge on any atom is -0.397 e. The van der Waals surface area contributed by atoms with Gasteiger partial charge < -0.3 is 11.1 Å². The summed E-state index contributed by atoms with van der Waals surface area (Å²) >= 11 is 0. The van der Waals surface area contributed by atoms with Crippen molar-refractivity contribution in [1.82, 2.24) is 14.8 Å². The Morgan fingerprint density at radius 1 is 1.19 bits per heavy atom. The van der Waals surface area contributed by atoms with Crippen LogP contribution in [0.3, 0.4) is 0 Å². The number of nitrogen functional groups attached to an aromatic ring is 1. The molecule has 0 aliphatic heterocycles. The topological polar surface area (TPSA) is 85.8 Å². The van der Waals surface area contributed by atoms with Crippen LogP contribution in [0.25, 0.3) is 11.4 Å². The Labute approximate surface area is 152 Å². The fourth-order valence-corrected chi connectivity index (χ4v) is 2.50. The van der Waals surface area contributed by atoms with E-state index < -0.39 is 11.9 Å². The second-order valence-corrected chi connectivity index (χ2v) is 6.02. The van der Waals surface area contributed by atoms with Crippen LogP contribution in [0.4, 0.5) is 24.5 Å². The first-order valence-corrected chi connectivity index (χ1v) is 7.90. The van der Waals surface area contributed by atoms with E-state index in [1.165, 1.54) is 19.3 Å². The molecule has 3 rings (SSSR count). The van der Waals surface area contributed by atoms with Gasteiger partial charge >= 0.3 is 6.18 Å². The summed E-state index contributed by atoms with van der Waals surface area (Å²) in [6.07, 6.45) is -3.23. The van der Waals surface area contributed by atoms with E-state index in [1.54, 1.807) is 12.1 Å². The lowest BCUT2D eigenvalue weighted by molar-refractivity contribution is -0.141. The van der Waals surface area contributed by atoms with E-state index in [4.69, 9.17) is 5.73 Å². The van der Waals surface area contributed by atoms with Crippen LogP contribution in [0.1, 0.15) is 21.6 Å². The number of hydrogen-bond acceptors (Lipinski definition) is 4. The maximum absolute atomic E-state index is 12.8. The number of amides is 1. The zero-order valence-electron chi connectivity index (χ0n) is 14.5. The molecule has 0 saturated carbocycles. The summed E-state index contributed by atoms with van der Waals surface area (Å²) in [6.45, 7) is 1.91. The first-order chi connectivity index (χ1) is 12.6. The second-order valence-electron chi connectivity index (χ2n) is 6.02. The molecule has 0 bridgehead atoms. The SMILES string of the molecule is Cc1ccc(C(=O)Nc2cnc(-c3cc(C(F)(F)F)nn3C)c(N)c2)cc1.